The van der Waals surface area contributed by atoms with Crippen LogP contribution in [-0.4, -0.2) is 52.1 Å². The number of amides is 1. The van der Waals surface area contributed by atoms with Crippen molar-refractivity contribution in [3.63, 3.8) is 0 Å². The largest absolute Gasteiger partial charge is 0.455 e. The molecular weight excluding hydrogens is 556 g/mol. The molecule has 1 N–H and O–H groups in total. The molecule has 40 heavy (non-hydrogen) atoms. The smallest absolute Gasteiger partial charge is 0.255 e. The SMILES string of the molecule is CNC(=O)c1c(-c2ccc(F)cc2)oc2cc(N(C)SC)c([C@@H]3CCCN(S(=O)(=O)c4ccc(F)cc4)C3)cc12. The molecule has 0 bridgehead atoms. The molecule has 0 radical (unpaired) electrons. The summed E-state index contributed by atoms with van der Waals surface area (Å²) in [6.07, 6.45) is 3.32. The van der Waals surface area contributed by atoms with Crippen molar-refractivity contribution in [2.24, 2.45) is 0 Å². The molecule has 11 heteroatoms. The molecule has 1 aliphatic rings. The number of hydrogen-bond donors (Lipinski definition) is 1. The van der Waals surface area contributed by atoms with E-state index >= 15 is 0 Å². The first kappa shape index (κ1) is 28.1. The number of fused-ring (bicyclic) bond motifs is 1. The van der Waals surface area contributed by atoms with Crippen molar-refractivity contribution >= 4 is 44.5 Å². The Morgan fingerprint density at radius 2 is 1.73 bits per heavy atom. The van der Waals surface area contributed by atoms with Crippen LogP contribution >= 0.6 is 11.9 Å². The number of benzene rings is 3. The van der Waals surface area contributed by atoms with Crippen molar-refractivity contribution < 1.29 is 26.4 Å². The first-order valence-electron chi connectivity index (χ1n) is 12.8. The average molecular weight is 586 g/mol. The van der Waals surface area contributed by atoms with Crippen molar-refractivity contribution in [2.45, 2.75) is 23.7 Å². The third-order valence-corrected chi connectivity index (χ3v) is 9.91. The molecule has 7 nitrogen and oxygen atoms in total. The molecule has 1 amide bonds. The van der Waals surface area contributed by atoms with Crippen LogP contribution in [0, 0.1) is 11.6 Å². The summed E-state index contributed by atoms with van der Waals surface area (Å²) in [5.41, 5.74) is 3.11. The number of halogens is 2. The van der Waals surface area contributed by atoms with E-state index in [-0.39, 0.29) is 23.3 Å². The number of furan rings is 1. The van der Waals surface area contributed by atoms with E-state index in [4.69, 9.17) is 4.42 Å². The number of hydrogen-bond acceptors (Lipinski definition) is 6. The Labute approximate surface area is 236 Å². The lowest BCUT2D eigenvalue weighted by molar-refractivity contribution is 0.0964. The Balaban J connectivity index is 1.63. The summed E-state index contributed by atoms with van der Waals surface area (Å²) in [6, 6.07) is 14.4. The summed E-state index contributed by atoms with van der Waals surface area (Å²) in [5.74, 6) is -1.09. The summed E-state index contributed by atoms with van der Waals surface area (Å²) >= 11 is 1.49. The van der Waals surface area contributed by atoms with Crippen LogP contribution in [0.5, 0.6) is 0 Å². The zero-order valence-corrected chi connectivity index (χ0v) is 23.9. The van der Waals surface area contributed by atoms with Gasteiger partial charge in [0.25, 0.3) is 5.91 Å². The Morgan fingerprint density at radius 3 is 2.35 bits per heavy atom. The number of nitrogens with zero attached hydrogens (tertiary/aromatic N) is 2. The lowest BCUT2D eigenvalue weighted by Gasteiger charge is -2.34. The van der Waals surface area contributed by atoms with Gasteiger partial charge in [-0.25, -0.2) is 17.2 Å². The summed E-state index contributed by atoms with van der Waals surface area (Å²) < 4.78 is 63.6. The van der Waals surface area contributed by atoms with Gasteiger partial charge in [0.05, 0.1) is 16.1 Å². The number of rotatable bonds is 7. The fourth-order valence-corrected chi connectivity index (χ4v) is 7.05. The van der Waals surface area contributed by atoms with Gasteiger partial charge in [0, 0.05) is 50.5 Å². The minimum Gasteiger partial charge on any atom is -0.455 e. The van der Waals surface area contributed by atoms with Crippen LogP contribution in [-0.2, 0) is 10.0 Å². The molecule has 4 aromatic rings. The number of nitrogens with one attached hydrogen (secondary N) is 1. The van der Waals surface area contributed by atoms with Crippen molar-refractivity contribution in [1.29, 1.82) is 0 Å². The number of carbonyl (C=O) groups excluding carboxylic acids is 1. The molecule has 1 fully saturated rings. The highest BCUT2D eigenvalue weighted by Gasteiger charge is 2.33. The van der Waals surface area contributed by atoms with Crippen molar-refractivity contribution in [1.82, 2.24) is 9.62 Å². The molecule has 210 valence electrons. The Bertz CT molecular complexity index is 1660. The minimum absolute atomic E-state index is 0.0483. The van der Waals surface area contributed by atoms with Crippen LogP contribution in [0.15, 0.2) is 70.0 Å². The van der Waals surface area contributed by atoms with Gasteiger partial charge in [-0.05, 0) is 78.9 Å². The second-order valence-electron chi connectivity index (χ2n) is 9.64. The molecule has 0 unspecified atom stereocenters. The van der Waals surface area contributed by atoms with Crippen LogP contribution in [0.1, 0.15) is 34.7 Å². The Hall–Kier alpha value is -3.41. The van der Waals surface area contributed by atoms with Gasteiger partial charge in [-0.15, -0.1) is 0 Å². The van der Waals surface area contributed by atoms with Crippen LogP contribution in [0.25, 0.3) is 22.3 Å². The first-order valence-corrected chi connectivity index (χ1v) is 15.4. The van der Waals surface area contributed by atoms with Gasteiger partial charge < -0.3 is 14.0 Å². The van der Waals surface area contributed by atoms with Crippen LogP contribution in [0.3, 0.4) is 0 Å². The molecule has 0 aliphatic carbocycles. The number of piperidine rings is 1. The fourth-order valence-electron chi connectivity index (χ4n) is 5.17. The monoisotopic (exact) mass is 585 g/mol. The first-order chi connectivity index (χ1) is 19.1. The van der Waals surface area contributed by atoms with Gasteiger partial charge in [0.1, 0.15) is 23.0 Å². The standard InChI is InChI=1S/C29H29F2N3O4S2/c1-32-29(35)27-24-15-23(19-5-4-14-34(17-19)40(36,37)22-12-10-21(31)11-13-22)25(33(2)39-3)16-26(24)38-28(27)18-6-8-20(30)9-7-18/h6-13,15-16,19H,4-5,14,17H2,1-3H3,(H,32,35)/t19-/m1/s1. The Kier molecular flexibility index (Phi) is 7.89. The molecule has 5 rings (SSSR count). The van der Waals surface area contributed by atoms with E-state index in [1.165, 1.54) is 47.6 Å². The highest BCUT2D eigenvalue weighted by molar-refractivity contribution is 7.99. The maximum atomic E-state index is 13.6. The quantitative estimate of drug-likeness (QED) is 0.267. The maximum absolute atomic E-state index is 13.6. The van der Waals surface area contributed by atoms with E-state index in [0.29, 0.717) is 40.8 Å². The molecule has 3 aromatic carbocycles. The lowest BCUT2D eigenvalue weighted by Crippen LogP contribution is -2.39. The van der Waals surface area contributed by atoms with E-state index in [1.807, 2.05) is 29.7 Å². The predicted octanol–water partition coefficient (Wildman–Crippen LogP) is 6.02. The fraction of sp³-hybridized carbons (Fsp3) is 0.276. The third-order valence-electron chi connectivity index (χ3n) is 7.29. The minimum atomic E-state index is -3.83. The van der Waals surface area contributed by atoms with Gasteiger partial charge >= 0.3 is 0 Å². The second kappa shape index (κ2) is 11.2. The number of anilines is 1. The van der Waals surface area contributed by atoms with Crippen LogP contribution in [0.2, 0.25) is 0 Å². The van der Waals surface area contributed by atoms with Gasteiger partial charge in [-0.1, -0.05) is 11.9 Å². The summed E-state index contributed by atoms with van der Waals surface area (Å²) in [5, 5.41) is 3.26. The average Bonchev–Trinajstić information content (AvgIpc) is 3.34. The van der Waals surface area contributed by atoms with E-state index in [9.17, 15) is 22.0 Å². The van der Waals surface area contributed by atoms with E-state index in [0.717, 1.165) is 29.8 Å². The van der Waals surface area contributed by atoms with Crippen molar-refractivity contribution in [2.75, 3.05) is 37.7 Å². The zero-order valence-electron chi connectivity index (χ0n) is 22.3. The van der Waals surface area contributed by atoms with Gasteiger partial charge in [-0.2, -0.15) is 4.31 Å². The third kappa shape index (κ3) is 5.21. The zero-order chi connectivity index (χ0) is 28.6. The Morgan fingerprint density at radius 1 is 1.07 bits per heavy atom. The highest BCUT2D eigenvalue weighted by Crippen LogP contribution is 2.42. The molecule has 0 saturated carbocycles. The molecule has 0 spiro atoms. The van der Waals surface area contributed by atoms with E-state index in [1.54, 1.807) is 12.1 Å². The van der Waals surface area contributed by atoms with E-state index < -0.39 is 21.7 Å². The molecule has 1 atom stereocenters. The normalized spacial score (nSPS) is 16.3. The number of sulfonamides is 1. The summed E-state index contributed by atoms with van der Waals surface area (Å²) in [4.78, 5) is 13.2. The highest BCUT2D eigenvalue weighted by atomic mass is 32.2. The van der Waals surface area contributed by atoms with Crippen LogP contribution in [0.4, 0.5) is 14.5 Å². The number of carbonyl (C=O) groups is 1. The summed E-state index contributed by atoms with van der Waals surface area (Å²) in [7, 11) is -0.382. The van der Waals surface area contributed by atoms with Crippen molar-refractivity contribution in [3.8, 4) is 11.3 Å². The van der Waals surface area contributed by atoms with E-state index in [2.05, 4.69) is 5.32 Å². The molecule has 2 heterocycles. The summed E-state index contributed by atoms with van der Waals surface area (Å²) in [6.45, 7) is 0.592. The second-order valence-corrected chi connectivity index (χ2v) is 12.5. The molecular formula is C29H29F2N3O4S2. The topological polar surface area (TPSA) is 82.9 Å². The van der Waals surface area contributed by atoms with Gasteiger partial charge in [0.2, 0.25) is 10.0 Å². The predicted molar refractivity (Wildman–Crippen MR) is 154 cm³/mol. The molecule has 1 aromatic heterocycles. The molecule has 1 aliphatic heterocycles. The molecule has 1 saturated heterocycles. The van der Waals surface area contributed by atoms with Gasteiger partial charge in [-0.3, -0.25) is 4.79 Å². The lowest BCUT2D eigenvalue weighted by atomic mass is 9.89. The van der Waals surface area contributed by atoms with Crippen molar-refractivity contribution in [3.05, 3.63) is 83.4 Å². The van der Waals surface area contributed by atoms with Crippen LogP contribution < -0.4 is 9.62 Å². The maximum Gasteiger partial charge on any atom is 0.255 e. The van der Waals surface area contributed by atoms with Gasteiger partial charge in [0.15, 0.2) is 0 Å².